The third-order valence-corrected chi connectivity index (χ3v) is 2.88. The summed E-state index contributed by atoms with van der Waals surface area (Å²) in [6, 6.07) is 8.77. The van der Waals surface area contributed by atoms with Crippen LogP contribution in [0, 0.1) is 5.82 Å². The van der Waals surface area contributed by atoms with Gasteiger partial charge in [0, 0.05) is 17.8 Å². The maximum absolute atomic E-state index is 13.8. The van der Waals surface area contributed by atoms with Gasteiger partial charge in [-0.15, -0.1) is 0 Å². The SMILES string of the molecule is COC(=O)c1cc(Oc2ccccc2Cl)c(F)cc1N. The number of halogens is 2. The van der Waals surface area contributed by atoms with E-state index in [2.05, 4.69) is 4.74 Å². The maximum Gasteiger partial charge on any atom is 0.340 e. The molecule has 0 aliphatic rings. The summed E-state index contributed by atoms with van der Waals surface area (Å²) in [5.41, 5.74) is 5.56. The van der Waals surface area contributed by atoms with Crippen molar-refractivity contribution < 1.29 is 18.7 Å². The molecular formula is C14H11ClFNO3. The summed E-state index contributed by atoms with van der Waals surface area (Å²) in [4.78, 5) is 11.5. The second-order valence-corrected chi connectivity index (χ2v) is 4.30. The highest BCUT2D eigenvalue weighted by molar-refractivity contribution is 6.32. The highest BCUT2D eigenvalue weighted by Gasteiger charge is 2.16. The number of nitrogens with two attached hydrogens (primary N) is 1. The van der Waals surface area contributed by atoms with Crippen LogP contribution in [0.1, 0.15) is 10.4 Å². The van der Waals surface area contributed by atoms with E-state index in [9.17, 15) is 9.18 Å². The predicted molar refractivity (Wildman–Crippen MR) is 73.7 cm³/mol. The largest absolute Gasteiger partial charge is 0.465 e. The first-order valence-corrected chi connectivity index (χ1v) is 6.00. The number of methoxy groups -OCH3 is 1. The van der Waals surface area contributed by atoms with Crippen LogP contribution in [-0.4, -0.2) is 13.1 Å². The number of ether oxygens (including phenoxy) is 2. The summed E-state index contributed by atoms with van der Waals surface area (Å²) in [5, 5.41) is 0.323. The van der Waals surface area contributed by atoms with Crippen LogP contribution in [0.4, 0.5) is 10.1 Å². The Morgan fingerprint density at radius 3 is 2.60 bits per heavy atom. The summed E-state index contributed by atoms with van der Waals surface area (Å²) in [6.07, 6.45) is 0. The average Bonchev–Trinajstić information content (AvgIpc) is 2.43. The first kappa shape index (κ1) is 14.1. The zero-order chi connectivity index (χ0) is 14.7. The lowest BCUT2D eigenvalue weighted by molar-refractivity contribution is 0.0601. The Balaban J connectivity index is 2.42. The summed E-state index contributed by atoms with van der Waals surface area (Å²) in [5.74, 6) is -1.26. The van der Waals surface area contributed by atoms with Crippen LogP contribution in [0.5, 0.6) is 11.5 Å². The van der Waals surface area contributed by atoms with Gasteiger partial charge in [-0.2, -0.15) is 0 Å². The molecular weight excluding hydrogens is 285 g/mol. The molecule has 2 aromatic rings. The van der Waals surface area contributed by atoms with Crippen molar-refractivity contribution in [3.63, 3.8) is 0 Å². The molecule has 0 aliphatic carbocycles. The third kappa shape index (κ3) is 2.83. The van der Waals surface area contributed by atoms with E-state index in [1.807, 2.05) is 0 Å². The molecule has 0 spiro atoms. The van der Waals surface area contributed by atoms with Gasteiger partial charge in [0.1, 0.15) is 5.75 Å². The molecule has 6 heteroatoms. The highest BCUT2D eigenvalue weighted by atomic mass is 35.5. The molecule has 2 rings (SSSR count). The molecule has 2 N–H and O–H groups in total. The van der Waals surface area contributed by atoms with E-state index in [4.69, 9.17) is 22.1 Å². The second kappa shape index (κ2) is 5.79. The van der Waals surface area contributed by atoms with Crippen LogP contribution in [-0.2, 0) is 4.74 Å². The molecule has 104 valence electrons. The van der Waals surface area contributed by atoms with E-state index < -0.39 is 11.8 Å². The lowest BCUT2D eigenvalue weighted by Gasteiger charge is -2.11. The monoisotopic (exact) mass is 295 g/mol. The molecule has 0 bridgehead atoms. The number of nitrogen functional groups attached to an aromatic ring is 1. The van der Waals surface area contributed by atoms with Gasteiger partial charge in [-0.05, 0) is 12.1 Å². The number of carbonyl (C=O) groups excluding carboxylic acids is 1. The summed E-state index contributed by atoms with van der Waals surface area (Å²) in [7, 11) is 1.21. The first-order chi connectivity index (χ1) is 9.52. The number of rotatable bonds is 3. The number of hydrogen-bond donors (Lipinski definition) is 1. The zero-order valence-corrected chi connectivity index (χ0v) is 11.3. The Morgan fingerprint density at radius 2 is 1.95 bits per heavy atom. The summed E-state index contributed by atoms with van der Waals surface area (Å²) < 4.78 is 23.7. The normalized spacial score (nSPS) is 10.2. The van der Waals surface area contributed by atoms with Crippen LogP contribution in [0.15, 0.2) is 36.4 Å². The summed E-state index contributed by atoms with van der Waals surface area (Å²) in [6.45, 7) is 0. The molecule has 0 aromatic heterocycles. The molecule has 0 unspecified atom stereocenters. The molecule has 0 saturated carbocycles. The zero-order valence-electron chi connectivity index (χ0n) is 10.5. The van der Waals surface area contributed by atoms with Gasteiger partial charge >= 0.3 is 5.97 Å². The number of para-hydroxylation sites is 1. The smallest absolute Gasteiger partial charge is 0.340 e. The van der Waals surface area contributed by atoms with Crippen LogP contribution < -0.4 is 10.5 Å². The van der Waals surface area contributed by atoms with Crippen molar-refractivity contribution in [1.29, 1.82) is 0 Å². The van der Waals surface area contributed by atoms with Gasteiger partial charge in [0.05, 0.1) is 17.7 Å². The van der Waals surface area contributed by atoms with Crippen LogP contribution in [0.2, 0.25) is 5.02 Å². The van der Waals surface area contributed by atoms with Crippen molar-refractivity contribution in [3.05, 3.63) is 52.8 Å². The van der Waals surface area contributed by atoms with E-state index in [0.29, 0.717) is 5.02 Å². The molecule has 0 atom stereocenters. The van der Waals surface area contributed by atoms with Gasteiger partial charge in [0.2, 0.25) is 0 Å². The standard InChI is InChI=1S/C14H11ClFNO3/c1-19-14(18)8-6-13(10(16)7-11(8)17)20-12-5-3-2-4-9(12)15/h2-7H,17H2,1H3. The molecule has 0 aliphatic heterocycles. The van der Waals surface area contributed by atoms with Crippen molar-refractivity contribution >= 4 is 23.3 Å². The molecule has 20 heavy (non-hydrogen) atoms. The Hall–Kier alpha value is -2.27. The Kier molecular flexibility index (Phi) is 4.10. The van der Waals surface area contributed by atoms with Crippen molar-refractivity contribution in [2.45, 2.75) is 0 Å². The number of hydrogen-bond acceptors (Lipinski definition) is 4. The van der Waals surface area contributed by atoms with Gasteiger partial charge in [-0.25, -0.2) is 9.18 Å². The molecule has 0 saturated heterocycles. The molecule has 4 nitrogen and oxygen atoms in total. The predicted octanol–water partition coefficient (Wildman–Crippen LogP) is 3.64. The fraction of sp³-hybridized carbons (Fsp3) is 0.0714. The van der Waals surface area contributed by atoms with Gasteiger partial charge < -0.3 is 15.2 Å². The average molecular weight is 296 g/mol. The van der Waals surface area contributed by atoms with Crippen LogP contribution >= 0.6 is 11.6 Å². The van der Waals surface area contributed by atoms with Gasteiger partial charge in [-0.3, -0.25) is 0 Å². The van der Waals surface area contributed by atoms with Gasteiger partial charge in [-0.1, -0.05) is 23.7 Å². The minimum atomic E-state index is -0.699. The lowest BCUT2D eigenvalue weighted by Crippen LogP contribution is -2.06. The second-order valence-electron chi connectivity index (χ2n) is 3.89. The Morgan fingerprint density at radius 1 is 1.25 bits per heavy atom. The number of anilines is 1. The third-order valence-electron chi connectivity index (χ3n) is 2.57. The Labute approximate surface area is 119 Å². The van der Waals surface area contributed by atoms with E-state index in [1.165, 1.54) is 13.2 Å². The van der Waals surface area contributed by atoms with Crippen molar-refractivity contribution in [3.8, 4) is 11.5 Å². The highest BCUT2D eigenvalue weighted by Crippen LogP contribution is 2.32. The topological polar surface area (TPSA) is 61.5 Å². The van der Waals surface area contributed by atoms with E-state index in [-0.39, 0.29) is 22.7 Å². The Bertz CT molecular complexity index is 661. The van der Waals surface area contributed by atoms with Crippen molar-refractivity contribution in [2.75, 3.05) is 12.8 Å². The number of esters is 1. The summed E-state index contributed by atoms with van der Waals surface area (Å²) >= 11 is 5.92. The fourth-order valence-corrected chi connectivity index (χ4v) is 1.75. The molecule has 0 fully saturated rings. The number of carbonyl (C=O) groups is 1. The molecule has 0 radical (unpaired) electrons. The quantitative estimate of drug-likeness (QED) is 0.693. The first-order valence-electron chi connectivity index (χ1n) is 5.62. The number of benzene rings is 2. The van der Waals surface area contributed by atoms with Crippen LogP contribution in [0.3, 0.4) is 0 Å². The van der Waals surface area contributed by atoms with Crippen molar-refractivity contribution in [2.24, 2.45) is 0 Å². The fourth-order valence-electron chi connectivity index (χ4n) is 1.58. The molecule has 0 heterocycles. The van der Waals surface area contributed by atoms with Gasteiger partial charge in [0.15, 0.2) is 11.6 Å². The minimum absolute atomic E-state index is 0.0240. The van der Waals surface area contributed by atoms with E-state index >= 15 is 0 Å². The van der Waals surface area contributed by atoms with Crippen LogP contribution in [0.25, 0.3) is 0 Å². The van der Waals surface area contributed by atoms with E-state index in [1.54, 1.807) is 24.3 Å². The maximum atomic E-state index is 13.8. The molecule has 2 aromatic carbocycles. The van der Waals surface area contributed by atoms with Gasteiger partial charge in [0.25, 0.3) is 0 Å². The van der Waals surface area contributed by atoms with E-state index in [0.717, 1.165) is 6.07 Å². The minimum Gasteiger partial charge on any atom is -0.465 e. The van der Waals surface area contributed by atoms with Crippen molar-refractivity contribution in [1.82, 2.24) is 0 Å². The molecule has 0 amide bonds. The lowest BCUT2D eigenvalue weighted by atomic mass is 10.1.